The van der Waals surface area contributed by atoms with Gasteiger partial charge in [-0.05, 0) is 0 Å². The Morgan fingerprint density at radius 3 is 2.38 bits per heavy atom. The van der Waals surface area contributed by atoms with Gasteiger partial charge in [-0.25, -0.2) is 0 Å². The van der Waals surface area contributed by atoms with Crippen molar-refractivity contribution in [2.24, 2.45) is 0 Å². The molecule has 1 saturated heterocycles. The van der Waals surface area contributed by atoms with Gasteiger partial charge in [0, 0.05) is 25.9 Å². The van der Waals surface area contributed by atoms with E-state index in [9.17, 15) is 9.59 Å². The second-order valence-electron chi connectivity index (χ2n) is 3.27. The summed E-state index contributed by atoms with van der Waals surface area (Å²) in [7, 11) is 0. The highest BCUT2D eigenvalue weighted by atomic mass is 16.2. The summed E-state index contributed by atoms with van der Waals surface area (Å²) in [6, 6.07) is 0.183. The van der Waals surface area contributed by atoms with Gasteiger partial charge in [0.15, 0.2) is 0 Å². The van der Waals surface area contributed by atoms with E-state index in [4.69, 9.17) is 0 Å². The third kappa shape index (κ3) is 2.44. The SMILES string of the molecule is CCC(=O)NC1CN(C(=O)CC)C1. The number of nitrogens with one attached hydrogen (secondary N) is 1. The first-order valence-corrected chi connectivity index (χ1v) is 4.74. The molecule has 0 aromatic rings. The van der Waals surface area contributed by atoms with Gasteiger partial charge in [-0.1, -0.05) is 13.8 Å². The van der Waals surface area contributed by atoms with Crippen molar-refractivity contribution in [1.29, 1.82) is 0 Å². The second kappa shape index (κ2) is 4.25. The van der Waals surface area contributed by atoms with Gasteiger partial charge in [0.1, 0.15) is 0 Å². The van der Waals surface area contributed by atoms with Crippen molar-refractivity contribution in [2.45, 2.75) is 32.7 Å². The molecule has 1 aliphatic rings. The smallest absolute Gasteiger partial charge is 0.222 e. The molecule has 0 radical (unpaired) electrons. The van der Waals surface area contributed by atoms with Crippen LogP contribution in [0.25, 0.3) is 0 Å². The summed E-state index contributed by atoms with van der Waals surface area (Å²) >= 11 is 0. The minimum Gasteiger partial charge on any atom is -0.350 e. The molecule has 1 rings (SSSR count). The molecule has 0 bridgehead atoms. The Kier molecular flexibility index (Phi) is 3.28. The molecular formula is C9H16N2O2. The minimum absolute atomic E-state index is 0.0635. The molecule has 0 atom stereocenters. The summed E-state index contributed by atoms with van der Waals surface area (Å²) in [5, 5.41) is 2.84. The van der Waals surface area contributed by atoms with Crippen LogP contribution in [0.1, 0.15) is 26.7 Å². The van der Waals surface area contributed by atoms with Crippen LogP contribution in [0.4, 0.5) is 0 Å². The molecule has 1 N–H and O–H groups in total. The molecule has 0 aromatic carbocycles. The predicted octanol–water partition coefficient (Wildman–Crippen LogP) is 0.133. The molecule has 13 heavy (non-hydrogen) atoms. The van der Waals surface area contributed by atoms with Crippen LogP contribution in [-0.2, 0) is 9.59 Å². The third-order valence-electron chi connectivity index (χ3n) is 2.22. The quantitative estimate of drug-likeness (QED) is 0.678. The monoisotopic (exact) mass is 184 g/mol. The Hall–Kier alpha value is -1.06. The normalized spacial score (nSPS) is 16.6. The molecule has 74 valence electrons. The summed E-state index contributed by atoms with van der Waals surface area (Å²) in [4.78, 5) is 23.8. The number of likely N-dealkylation sites (tertiary alicyclic amines) is 1. The van der Waals surface area contributed by atoms with Gasteiger partial charge in [-0.2, -0.15) is 0 Å². The average molecular weight is 184 g/mol. The molecular weight excluding hydrogens is 168 g/mol. The van der Waals surface area contributed by atoms with Crippen LogP contribution < -0.4 is 5.32 Å². The van der Waals surface area contributed by atoms with E-state index in [1.807, 2.05) is 13.8 Å². The van der Waals surface area contributed by atoms with Gasteiger partial charge in [0.2, 0.25) is 11.8 Å². The van der Waals surface area contributed by atoms with Crippen LogP contribution >= 0.6 is 0 Å². The maximum Gasteiger partial charge on any atom is 0.222 e. The number of nitrogens with zero attached hydrogens (tertiary/aromatic N) is 1. The Morgan fingerprint density at radius 2 is 1.92 bits per heavy atom. The highest BCUT2D eigenvalue weighted by molar-refractivity contribution is 5.78. The Bertz CT molecular complexity index is 210. The summed E-state index contributed by atoms with van der Waals surface area (Å²) in [6.07, 6.45) is 1.06. The van der Waals surface area contributed by atoms with Crippen molar-refractivity contribution >= 4 is 11.8 Å². The minimum atomic E-state index is 0.0635. The second-order valence-corrected chi connectivity index (χ2v) is 3.27. The van der Waals surface area contributed by atoms with Crippen LogP contribution in [0.15, 0.2) is 0 Å². The van der Waals surface area contributed by atoms with Crippen LogP contribution in [0, 0.1) is 0 Å². The van der Waals surface area contributed by atoms with Crippen LogP contribution in [-0.4, -0.2) is 35.8 Å². The topological polar surface area (TPSA) is 49.4 Å². The van der Waals surface area contributed by atoms with E-state index in [0.717, 1.165) is 0 Å². The number of hydrogen-bond donors (Lipinski definition) is 1. The molecule has 0 saturated carbocycles. The van der Waals surface area contributed by atoms with Crippen molar-refractivity contribution in [2.75, 3.05) is 13.1 Å². The van der Waals surface area contributed by atoms with Gasteiger partial charge in [0.05, 0.1) is 6.04 Å². The van der Waals surface area contributed by atoms with Gasteiger partial charge < -0.3 is 10.2 Å². The zero-order chi connectivity index (χ0) is 9.84. The van der Waals surface area contributed by atoms with Crippen molar-refractivity contribution < 1.29 is 9.59 Å². The van der Waals surface area contributed by atoms with E-state index in [0.29, 0.717) is 25.9 Å². The predicted molar refractivity (Wildman–Crippen MR) is 49.1 cm³/mol. The lowest BCUT2D eigenvalue weighted by Gasteiger charge is -2.39. The maximum absolute atomic E-state index is 11.1. The fourth-order valence-corrected chi connectivity index (χ4v) is 1.33. The first-order valence-electron chi connectivity index (χ1n) is 4.74. The first kappa shape index (κ1) is 10.0. The summed E-state index contributed by atoms with van der Waals surface area (Å²) in [6.45, 7) is 5.03. The molecule has 1 heterocycles. The zero-order valence-electron chi connectivity index (χ0n) is 8.17. The van der Waals surface area contributed by atoms with E-state index in [2.05, 4.69) is 5.32 Å². The number of rotatable bonds is 3. The molecule has 0 unspecified atom stereocenters. The zero-order valence-corrected chi connectivity index (χ0v) is 8.17. The molecule has 0 aliphatic carbocycles. The van der Waals surface area contributed by atoms with E-state index in [1.54, 1.807) is 4.90 Å². The van der Waals surface area contributed by atoms with Crippen molar-refractivity contribution in [1.82, 2.24) is 10.2 Å². The average Bonchev–Trinajstić information content (AvgIpc) is 2.08. The first-order chi connectivity index (χ1) is 6.17. The van der Waals surface area contributed by atoms with Crippen molar-refractivity contribution in [3.63, 3.8) is 0 Å². The van der Waals surface area contributed by atoms with E-state index < -0.39 is 0 Å². The lowest BCUT2D eigenvalue weighted by molar-refractivity contribution is -0.137. The Balaban J connectivity index is 2.18. The fraction of sp³-hybridized carbons (Fsp3) is 0.778. The number of carbonyl (C=O) groups is 2. The van der Waals surface area contributed by atoms with Gasteiger partial charge >= 0.3 is 0 Å². The summed E-state index contributed by atoms with van der Waals surface area (Å²) in [5.41, 5.74) is 0. The molecule has 4 nitrogen and oxygen atoms in total. The summed E-state index contributed by atoms with van der Waals surface area (Å²) < 4.78 is 0. The van der Waals surface area contributed by atoms with Crippen LogP contribution in [0.5, 0.6) is 0 Å². The standard InChI is InChI=1S/C9H16N2O2/c1-3-8(12)10-7-5-11(6-7)9(13)4-2/h7H,3-6H2,1-2H3,(H,10,12). The lowest BCUT2D eigenvalue weighted by Crippen LogP contribution is -2.60. The van der Waals surface area contributed by atoms with E-state index >= 15 is 0 Å². The highest BCUT2D eigenvalue weighted by Crippen LogP contribution is 2.09. The molecule has 0 aromatic heterocycles. The number of hydrogen-bond acceptors (Lipinski definition) is 2. The van der Waals surface area contributed by atoms with E-state index in [-0.39, 0.29) is 17.9 Å². The van der Waals surface area contributed by atoms with Gasteiger partial charge in [-0.15, -0.1) is 0 Å². The molecule has 1 fully saturated rings. The summed E-state index contributed by atoms with van der Waals surface area (Å²) in [5.74, 6) is 0.232. The van der Waals surface area contributed by atoms with E-state index in [1.165, 1.54) is 0 Å². The molecule has 1 aliphatic heterocycles. The highest BCUT2D eigenvalue weighted by Gasteiger charge is 2.29. The van der Waals surface area contributed by atoms with Crippen LogP contribution in [0.2, 0.25) is 0 Å². The Morgan fingerprint density at radius 1 is 1.31 bits per heavy atom. The van der Waals surface area contributed by atoms with Crippen LogP contribution in [0.3, 0.4) is 0 Å². The molecule has 4 heteroatoms. The van der Waals surface area contributed by atoms with Crippen molar-refractivity contribution in [3.05, 3.63) is 0 Å². The van der Waals surface area contributed by atoms with Crippen molar-refractivity contribution in [3.8, 4) is 0 Å². The maximum atomic E-state index is 11.1. The largest absolute Gasteiger partial charge is 0.350 e. The molecule has 2 amide bonds. The molecule has 0 spiro atoms. The number of amides is 2. The Labute approximate surface area is 78.3 Å². The third-order valence-corrected chi connectivity index (χ3v) is 2.22. The fourth-order valence-electron chi connectivity index (χ4n) is 1.33. The lowest BCUT2D eigenvalue weighted by atomic mass is 10.1. The number of carbonyl (C=O) groups excluding carboxylic acids is 2. The van der Waals surface area contributed by atoms with Gasteiger partial charge in [0.25, 0.3) is 0 Å². The van der Waals surface area contributed by atoms with Gasteiger partial charge in [-0.3, -0.25) is 9.59 Å².